The lowest BCUT2D eigenvalue weighted by Gasteiger charge is -2.10. The van der Waals surface area contributed by atoms with E-state index in [0.717, 1.165) is 29.2 Å². The first-order valence-corrected chi connectivity index (χ1v) is 7.37. The van der Waals surface area contributed by atoms with Crippen molar-refractivity contribution in [3.63, 3.8) is 0 Å². The Balaban J connectivity index is 1.97. The molecule has 0 saturated carbocycles. The zero-order chi connectivity index (χ0) is 15.9. The summed E-state index contributed by atoms with van der Waals surface area (Å²) in [7, 11) is 0. The van der Waals surface area contributed by atoms with E-state index in [1.165, 1.54) is 6.08 Å². The Hall–Kier alpha value is -2.49. The Morgan fingerprint density at radius 3 is 2.73 bits per heavy atom. The molecule has 0 aliphatic carbocycles. The van der Waals surface area contributed by atoms with Crippen LogP contribution in [-0.2, 0) is 4.79 Å². The fourth-order valence-electron chi connectivity index (χ4n) is 1.96. The highest BCUT2D eigenvalue weighted by atomic mass is 16.5. The van der Waals surface area contributed by atoms with Crippen LogP contribution >= 0.6 is 0 Å². The maximum atomic E-state index is 11.9. The molecule has 0 spiro atoms. The minimum atomic E-state index is -0.195. The summed E-state index contributed by atoms with van der Waals surface area (Å²) in [4.78, 5) is 11.9. The van der Waals surface area contributed by atoms with Gasteiger partial charge >= 0.3 is 0 Å². The Kier molecular flexibility index (Phi) is 5.42. The van der Waals surface area contributed by atoms with Crippen molar-refractivity contribution >= 4 is 17.7 Å². The third-order valence-electron chi connectivity index (χ3n) is 3.09. The molecule has 116 valence electrons. The van der Waals surface area contributed by atoms with E-state index in [0.29, 0.717) is 12.4 Å². The summed E-state index contributed by atoms with van der Waals surface area (Å²) in [6, 6.07) is 9.31. The largest absolute Gasteiger partial charge is 0.494 e. The highest BCUT2D eigenvalue weighted by Crippen LogP contribution is 2.21. The Morgan fingerprint density at radius 2 is 2.09 bits per heavy atom. The predicted molar refractivity (Wildman–Crippen MR) is 88.1 cm³/mol. The van der Waals surface area contributed by atoms with Gasteiger partial charge in [0.05, 0.1) is 6.61 Å². The fraction of sp³-hybridized carbons (Fsp3) is 0.278. The molecule has 2 aromatic rings. The van der Waals surface area contributed by atoms with Gasteiger partial charge in [0.15, 0.2) is 0 Å². The molecule has 4 heteroatoms. The number of anilines is 1. The number of nitrogens with one attached hydrogen (secondary N) is 1. The minimum absolute atomic E-state index is 0.195. The number of hydrogen-bond donors (Lipinski definition) is 1. The second-order valence-corrected chi connectivity index (χ2v) is 5.10. The molecule has 1 heterocycles. The number of benzene rings is 1. The number of carbonyl (C=O) groups is 1. The van der Waals surface area contributed by atoms with Gasteiger partial charge in [0.1, 0.15) is 17.3 Å². The van der Waals surface area contributed by atoms with Crippen LogP contribution in [0.15, 0.2) is 40.8 Å². The lowest BCUT2D eigenvalue weighted by molar-refractivity contribution is -0.111. The molecule has 22 heavy (non-hydrogen) atoms. The predicted octanol–water partition coefficient (Wildman–Crippen LogP) is 4.34. The Morgan fingerprint density at radius 1 is 1.27 bits per heavy atom. The van der Waals surface area contributed by atoms with Crippen molar-refractivity contribution in [2.24, 2.45) is 0 Å². The van der Waals surface area contributed by atoms with Crippen LogP contribution in [0.2, 0.25) is 0 Å². The number of amides is 1. The summed E-state index contributed by atoms with van der Waals surface area (Å²) in [5, 5.41) is 2.85. The quantitative estimate of drug-likeness (QED) is 0.807. The third-order valence-corrected chi connectivity index (χ3v) is 3.09. The first kappa shape index (κ1) is 15.9. The molecule has 0 bridgehead atoms. The molecule has 0 radical (unpaired) electrons. The molecule has 1 aromatic heterocycles. The summed E-state index contributed by atoms with van der Waals surface area (Å²) in [6.45, 7) is 6.56. The fourth-order valence-corrected chi connectivity index (χ4v) is 1.96. The SMILES string of the molecule is CCCOc1ccc(NC(=O)/C=C/c2ccc(C)o2)c(C)c1. The molecule has 0 saturated heterocycles. The zero-order valence-electron chi connectivity index (χ0n) is 13.2. The Labute approximate surface area is 130 Å². The van der Waals surface area contributed by atoms with E-state index >= 15 is 0 Å². The summed E-state index contributed by atoms with van der Waals surface area (Å²) < 4.78 is 10.9. The lowest BCUT2D eigenvalue weighted by Crippen LogP contribution is -2.09. The number of carbonyl (C=O) groups excluding carboxylic acids is 1. The number of rotatable bonds is 6. The number of furan rings is 1. The normalized spacial score (nSPS) is 10.9. The monoisotopic (exact) mass is 299 g/mol. The van der Waals surface area contributed by atoms with Crippen LogP contribution in [-0.4, -0.2) is 12.5 Å². The van der Waals surface area contributed by atoms with Gasteiger partial charge in [-0.15, -0.1) is 0 Å². The van der Waals surface area contributed by atoms with Crippen LogP contribution in [0.25, 0.3) is 6.08 Å². The van der Waals surface area contributed by atoms with Crippen LogP contribution in [0.4, 0.5) is 5.69 Å². The van der Waals surface area contributed by atoms with Crippen LogP contribution in [0, 0.1) is 13.8 Å². The molecule has 0 fully saturated rings. The van der Waals surface area contributed by atoms with Gasteiger partial charge in [-0.2, -0.15) is 0 Å². The zero-order valence-corrected chi connectivity index (χ0v) is 13.2. The van der Waals surface area contributed by atoms with Crippen molar-refractivity contribution in [3.8, 4) is 5.75 Å². The van der Waals surface area contributed by atoms with E-state index in [-0.39, 0.29) is 5.91 Å². The highest BCUT2D eigenvalue weighted by molar-refractivity contribution is 6.02. The van der Waals surface area contributed by atoms with E-state index in [4.69, 9.17) is 9.15 Å². The summed E-state index contributed by atoms with van der Waals surface area (Å²) in [6.07, 6.45) is 4.07. The highest BCUT2D eigenvalue weighted by Gasteiger charge is 2.04. The van der Waals surface area contributed by atoms with E-state index in [1.54, 1.807) is 6.08 Å². The van der Waals surface area contributed by atoms with Crippen molar-refractivity contribution in [1.82, 2.24) is 0 Å². The molecule has 1 aromatic carbocycles. The smallest absolute Gasteiger partial charge is 0.248 e. The van der Waals surface area contributed by atoms with Crippen LogP contribution in [0.1, 0.15) is 30.4 Å². The van der Waals surface area contributed by atoms with Crippen LogP contribution < -0.4 is 10.1 Å². The molecule has 0 aliphatic heterocycles. The standard InChI is InChI=1S/C18H21NO3/c1-4-11-21-16-7-9-17(13(2)12-16)19-18(20)10-8-15-6-5-14(3)22-15/h5-10,12H,4,11H2,1-3H3,(H,19,20)/b10-8+. The molecule has 4 nitrogen and oxygen atoms in total. The second-order valence-electron chi connectivity index (χ2n) is 5.10. The average Bonchev–Trinajstić information content (AvgIpc) is 2.91. The number of aryl methyl sites for hydroxylation is 2. The number of ether oxygens (including phenoxy) is 1. The molecule has 1 amide bonds. The van der Waals surface area contributed by atoms with E-state index in [9.17, 15) is 4.79 Å². The second kappa shape index (κ2) is 7.50. The first-order valence-electron chi connectivity index (χ1n) is 7.37. The minimum Gasteiger partial charge on any atom is -0.494 e. The average molecular weight is 299 g/mol. The van der Waals surface area contributed by atoms with Crippen molar-refractivity contribution in [2.75, 3.05) is 11.9 Å². The summed E-state index contributed by atoms with van der Waals surface area (Å²) in [5.74, 6) is 2.10. The lowest BCUT2D eigenvalue weighted by atomic mass is 10.2. The maximum absolute atomic E-state index is 11.9. The molecule has 1 N–H and O–H groups in total. The molecular weight excluding hydrogens is 278 g/mol. The van der Waals surface area contributed by atoms with Gasteiger partial charge in [-0.3, -0.25) is 4.79 Å². The van der Waals surface area contributed by atoms with E-state index < -0.39 is 0 Å². The first-order chi connectivity index (χ1) is 10.6. The van der Waals surface area contributed by atoms with Crippen molar-refractivity contribution in [2.45, 2.75) is 27.2 Å². The van der Waals surface area contributed by atoms with Gasteiger partial charge in [-0.1, -0.05) is 6.92 Å². The molecule has 0 atom stereocenters. The molecule has 0 aliphatic rings. The van der Waals surface area contributed by atoms with Crippen molar-refractivity contribution in [3.05, 3.63) is 53.5 Å². The van der Waals surface area contributed by atoms with Gasteiger partial charge in [0.2, 0.25) is 5.91 Å². The van der Waals surface area contributed by atoms with Gasteiger partial charge in [0.25, 0.3) is 0 Å². The third kappa shape index (κ3) is 4.52. The number of hydrogen-bond acceptors (Lipinski definition) is 3. The summed E-state index contributed by atoms with van der Waals surface area (Å²) >= 11 is 0. The molecular formula is C18H21NO3. The topological polar surface area (TPSA) is 51.5 Å². The summed E-state index contributed by atoms with van der Waals surface area (Å²) in [5.41, 5.74) is 1.73. The molecule has 2 rings (SSSR count). The molecule has 0 unspecified atom stereocenters. The van der Waals surface area contributed by atoms with Crippen LogP contribution in [0.3, 0.4) is 0 Å². The van der Waals surface area contributed by atoms with Gasteiger partial charge in [0, 0.05) is 11.8 Å². The van der Waals surface area contributed by atoms with Crippen molar-refractivity contribution < 1.29 is 13.9 Å². The van der Waals surface area contributed by atoms with E-state index in [2.05, 4.69) is 12.2 Å². The van der Waals surface area contributed by atoms with Crippen LogP contribution in [0.5, 0.6) is 5.75 Å². The van der Waals surface area contributed by atoms with Gasteiger partial charge < -0.3 is 14.5 Å². The van der Waals surface area contributed by atoms with E-state index in [1.807, 2.05) is 44.2 Å². The maximum Gasteiger partial charge on any atom is 0.248 e. The van der Waals surface area contributed by atoms with Crippen molar-refractivity contribution in [1.29, 1.82) is 0 Å². The Bertz CT molecular complexity index is 671. The van der Waals surface area contributed by atoms with Gasteiger partial charge in [-0.05, 0) is 62.2 Å². The van der Waals surface area contributed by atoms with Gasteiger partial charge in [-0.25, -0.2) is 0 Å².